The Labute approximate surface area is 193 Å². The minimum atomic E-state index is -0.154. The Morgan fingerprint density at radius 2 is 1.88 bits per heavy atom. The van der Waals surface area contributed by atoms with Crippen LogP contribution in [0.1, 0.15) is 52.5 Å². The SMILES string of the molecule is Cc1ccc(N2CCCN(Cc3ccc(C(C)C)cc3)C2=O)c(NC(=O)c2cccs2)c1. The van der Waals surface area contributed by atoms with Crippen molar-refractivity contribution in [2.45, 2.75) is 39.7 Å². The van der Waals surface area contributed by atoms with Crippen LogP contribution in [0.2, 0.25) is 0 Å². The fourth-order valence-electron chi connectivity index (χ4n) is 3.96. The second-order valence-electron chi connectivity index (χ2n) is 8.56. The van der Waals surface area contributed by atoms with Crippen LogP contribution in [0.15, 0.2) is 60.0 Å². The van der Waals surface area contributed by atoms with E-state index in [-0.39, 0.29) is 11.9 Å². The molecule has 1 aliphatic heterocycles. The van der Waals surface area contributed by atoms with E-state index < -0.39 is 0 Å². The van der Waals surface area contributed by atoms with Crippen molar-refractivity contribution < 1.29 is 9.59 Å². The van der Waals surface area contributed by atoms with Crippen molar-refractivity contribution in [3.63, 3.8) is 0 Å². The van der Waals surface area contributed by atoms with Gasteiger partial charge in [-0.2, -0.15) is 0 Å². The van der Waals surface area contributed by atoms with Crippen LogP contribution < -0.4 is 10.2 Å². The summed E-state index contributed by atoms with van der Waals surface area (Å²) >= 11 is 1.40. The zero-order valence-electron chi connectivity index (χ0n) is 18.8. The standard InChI is InChI=1S/C26H29N3O2S/c1-18(2)21-10-8-20(9-11-21)17-28-13-5-14-29(26(28)31)23-12-7-19(3)16-22(23)27-25(30)24-6-4-15-32-24/h4,6-12,15-16,18H,5,13-14,17H2,1-3H3,(H,27,30). The van der Waals surface area contributed by atoms with Gasteiger partial charge in [0, 0.05) is 19.6 Å². The molecule has 3 amide bonds. The number of carbonyl (C=O) groups is 2. The average molecular weight is 448 g/mol. The first-order chi connectivity index (χ1) is 15.4. The van der Waals surface area contributed by atoms with Crippen LogP contribution in [0.3, 0.4) is 0 Å². The van der Waals surface area contributed by atoms with Gasteiger partial charge in [0.25, 0.3) is 5.91 Å². The largest absolute Gasteiger partial charge is 0.324 e. The fourth-order valence-corrected chi connectivity index (χ4v) is 4.58. The van der Waals surface area contributed by atoms with E-state index in [1.807, 2.05) is 41.5 Å². The Kier molecular flexibility index (Phi) is 6.61. The highest BCUT2D eigenvalue weighted by Gasteiger charge is 2.29. The van der Waals surface area contributed by atoms with Gasteiger partial charge in [0.15, 0.2) is 0 Å². The predicted octanol–water partition coefficient (Wildman–Crippen LogP) is 6.26. The molecule has 1 fully saturated rings. The molecular formula is C26H29N3O2S. The maximum Gasteiger partial charge on any atom is 0.324 e. The van der Waals surface area contributed by atoms with Gasteiger partial charge in [0.1, 0.15) is 0 Å². The molecule has 2 heterocycles. The Hall–Kier alpha value is -3.12. The van der Waals surface area contributed by atoms with E-state index in [4.69, 9.17) is 0 Å². The zero-order chi connectivity index (χ0) is 22.7. The van der Waals surface area contributed by atoms with Crippen LogP contribution in [0.25, 0.3) is 0 Å². The van der Waals surface area contributed by atoms with Gasteiger partial charge in [-0.1, -0.05) is 50.2 Å². The van der Waals surface area contributed by atoms with Crippen LogP contribution in [-0.4, -0.2) is 29.9 Å². The highest BCUT2D eigenvalue weighted by Crippen LogP contribution is 2.31. The molecule has 1 aliphatic rings. The first kappa shape index (κ1) is 22.1. The molecule has 0 unspecified atom stereocenters. The van der Waals surface area contributed by atoms with Crippen molar-refractivity contribution >= 4 is 34.6 Å². The molecule has 6 heteroatoms. The molecule has 0 bridgehead atoms. The summed E-state index contributed by atoms with van der Waals surface area (Å²) in [6.07, 6.45) is 0.877. The summed E-state index contributed by atoms with van der Waals surface area (Å²) in [5.41, 5.74) is 4.86. The fraction of sp³-hybridized carbons (Fsp3) is 0.308. The first-order valence-electron chi connectivity index (χ1n) is 11.0. The Morgan fingerprint density at radius 1 is 1.09 bits per heavy atom. The van der Waals surface area contributed by atoms with Gasteiger partial charge in [0.2, 0.25) is 0 Å². The molecule has 0 radical (unpaired) electrons. The molecule has 5 nitrogen and oxygen atoms in total. The van der Waals surface area contributed by atoms with Crippen LogP contribution in [-0.2, 0) is 6.54 Å². The van der Waals surface area contributed by atoms with E-state index >= 15 is 0 Å². The molecule has 3 aromatic rings. The molecule has 4 rings (SSSR count). The molecule has 0 spiro atoms. The number of urea groups is 1. The number of anilines is 2. The number of hydrogen-bond acceptors (Lipinski definition) is 3. The van der Waals surface area contributed by atoms with Crippen LogP contribution in [0.5, 0.6) is 0 Å². The number of nitrogens with one attached hydrogen (secondary N) is 1. The Morgan fingerprint density at radius 3 is 2.56 bits per heavy atom. The van der Waals surface area contributed by atoms with Gasteiger partial charge in [-0.25, -0.2) is 4.79 Å². The molecule has 166 valence electrons. The van der Waals surface area contributed by atoms with E-state index in [0.717, 1.165) is 29.8 Å². The summed E-state index contributed by atoms with van der Waals surface area (Å²) in [4.78, 5) is 30.4. The number of carbonyl (C=O) groups excluding carboxylic acids is 2. The third-order valence-electron chi connectivity index (χ3n) is 5.77. The van der Waals surface area contributed by atoms with Crippen LogP contribution in [0, 0.1) is 6.92 Å². The monoisotopic (exact) mass is 447 g/mol. The van der Waals surface area contributed by atoms with Crippen LogP contribution in [0.4, 0.5) is 16.2 Å². The molecule has 1 aromatic heterocycles. The lowest BCUT2D eigenvalue weighted by atomic mass is 10.0. The zero-order valence-corrected chi connectivity index (χ0v) is 19.6. The van der Waals surface area contributed by atoms with Crippen molar-refractivity contribution in [2.24, 2.45) is 0 Å². The van der Waals surface area contributed by atoms with Crippen molar-refractivity contribution in [3.05, 3.63) is 81.5 Å². The first-order valence-corrected chi connectivity index (χ1v) is 11.9. The third-order valence-corrected chi connectivity index (χ3v) is 6.64. The smallest absolute Gasteiger partial charge is 0.320 e. The van der Waals surface area contributed by atoms with Gasteiger partial charge in [0.05, 0.1) is 16.3 Å². The third kappa shape index (κ3) is 4.86. The molecular weight excluding hydrogens is 418 g/mol. The van der Waals surface area contributed by atoms with E-state index in [2.05, 4.69) is 43.4 Å². The lowest BCUT2D eigenvalue weighted by molar-refractivity contribution is 0.103. The number of amides is 3. The lowest BCUT2D eigenvalue weighted by Gasteiger charge is -2.36. The van der Waals surface area contributed by atoms with E-state index in [0.29, 0.717) is 29.6 Å². The Bertz CT molecular complexity index is 1090. The molecule has 1 N–H and O–H groups in total. The van der Waals surface area contributed by atoms with E-state index in [1.54, 1.807) is 11.0 Å². The Balaban J connectivity index is 1.54. The number of aryl methyl sites for hydroxylation is 1. The second-order valence-corrected chi connectivity index (χ2v) is 9.51. The minimum absolute atomic E-state index is 0.0281. The molecule has 0 aliphatic carbocycles. The minimum Gasteiger partial charge on any atom is -0.320 e. The molecule has 0 saturated carbocycles. The van der Waals surface area contributed by atoms with E-state index in [9.17, 15) is 9.59 Å². The normalized spacial score (nSPS) is 14.2. The van der Waals surface area contributed by atoms with Gasteiger partial charge >= 0.3 is 6.03 Å². The summed E-state index contributed by atoms with van der Waals surface area (Å²) < 4.78 is 0. The van der Waals surface area contributed by atoms with Crippen molar-refractivity contribution in [3.8, 4) is 0 Å². The quantitative estimate of drug-likeness (QED) is 0.484. The van der Waals surface area contributed by atoms with Gasteiger partial charge in [-0.15, -0.1) is 11.3 Å². The summed E-state index contributed by atoms with van der Waals surface area (Å²) in [6.45, 7) is 8.28. The van der Waals surface area contributed by atoms with Crippen molar-refractivity contribution in [1.82, 2.24) is 4.90 Å². The van der Waals surface area contributed by atoms with Gasteiger partial charge in [-0.05, 0) is 59.5 Å². The van der Waals surface area contributed by atoms with Crippen molar-refractivity contribution in [1.29, 1.82) is 0 Å². The predicted molar refractivity (Wildman–Crippen MR) is 132 cm³/mol. The lowest BCUT2D eigenvalue weighted by Crippen LogP contribution is -2.49. The van der Waals surface area contributed by atoms with E-state index in [1.165, 1.54) is 16.9 Å². The summed E-state index contributed by atoms with van der Waals surface area (Å²) in [7, 11) is 0. The maximum absolute atomic E-state index is 13.4. The number of nitrogens with zero attached hydrogens (tertiary/aromatic N) is 2. The van der Waals surface area contributed by atoms with Crippen molar-refractivity contribution in [2.75, 3.05) is 23.3 Å². The number of thiophene rings is 1. The molecule has 2 aromatic carbocycles. The highest BCUT2D eigenvalue weighted by atomic mass is 32.1. The highest BCUT2D eigenvalue weighted by molar-refractivity contribution is 7.12. The number of hydrogen-bond donors (Lipinski definition) is 1. The summed E-state index contributed by atoms with van der Waals surface area (Å²) in [5.74, 6) is 0.332. The topological polar surface area (TPSA) is 52.6 Å². The van der Waals surface area contributed by atoms with Crippen LogP contribution >= 0.6 is 11.3 Å². The van der Waals surface area contributed by atoms with Gasteiger partial charge < -0.3 is 10.2 Å². The summed E-state index contributed by atoms with van der Waals surface area (Å²) in [5, 5.41) is 4.89. The average Bonchev–Trinajstić information content (AvgIpc) is 3.31. The molecule has 0 atom stereocenters. The molecule has 32 heavy (non-hydrogen) atoms. The second kappa shape index (κ2) is 9.57. The maximum atomic E-state index is 13.4. The molecule has 1 saturated heterocycles. The number of benzene rings is 2. The number of rotatable bonds is 6. The summed E-state index contributed by atoms with van der Waals surface area (Å²) in [6, 6.07) is 18.0. The van der Waals surface area contributed by atoms with Gasteiger partial charge in [-0.3, -0.25) is 9.69 Å².